The molecular weight excluding hydrogens is 262 g/mol. The second-order valence-corrected chi connectivity index (χ2v) is 5.71. The standard InChI is InChI=1S/C13H23N3O2S/c1-9-11(10(2)15-14-9)5-7-16(3)13(18)12(17)6-8-19-4/h12,17H,5-8H2,1-4H3,(H,14,15)/t12-/m1/s1. The molecule has 19 heavy (non-hydrogen) atoms. The van der Waals surface area contributed by atoms with Crippen LogP contribution in [0.3, 0.4) is 0 Å². The lowest BCUT2D eigenvalue weighted by Gasteiger charge is -2.20. The van der Waals surface area contributed by atoms with Gasteiger partial charge in [0.25, 0.3) is 5.91 Å². The van der Waals surface area contributed by atoms with Crippen molar-refractivity contribution >= 4 is 17.7 Å². The van der Waals surface area contributed by atoms with Crippen molar-refractivity contribution in [3.05, 3.63) is 17.0 Å². The van der Waals surface area contributed by atoms with E-state index in [4.69, 9.17) is 0 Å². The summed E-state index contributed by atoms with van der Waals surface area (Å²) in [5, 5.41) is 16.8. The number of carbonyl (C=O) groups excluding carboxylic acids is 1. The second-order valence-electron chi connectivity index (χ2n) is 4.72. The molecule has 0 aromatic carbocycles. The van der Waals surface area contributed by atoms with E-state index in [0.29, 0.717) is 13.0 Å². The highest BCUT2D eigenvalue weighted by Crippen LogP contribution is 2.11. The van der Waals surface area contributed by atoms with Crippen LogP contribution in [0, 0.1) is 13.8 Å². The molecule has 0 aliphatic carbocycles. The Balaban J connectivity index is 2.46. The molecule has 0 spiro atoms. The molecule has 1 aromatic rings. The van der Waals surface area contributed by atoms with Gasteiger partial charge in [-0.2, -0.15) is 16.9 Å². The normalized spacial score (nSPS) is 12.5. The summed E-state index contributed by atoms with van der Waals surface area (Å²) in [5.41, 5.74) is 3.17. The number of nitrogens with one attached hydrogen (secondary N) is 1. The van der Waals surface area contributed by atoms with Crippen LogP contribution >= 0.6 is 11.8 Å². The van der Waals surface area contributed by atoms with Crippen LogP contribution in [0.1, 0.15) is 23.4 Å². The molecule has 0 aliphatic heterocycles. The Kier molecular flexibility index (Phi) is 6.37. The number of amides is 1. The minimum atomic E-state index is -0.885. The molecule has 5 nitrogen and oxygen atoms in total. The molecule has 2 N–H and O–H groups in total. The van der Waals surface area contributed by atoms with Crippen LogP contribution < -0.4 is 0 Å². The summed E-state index contributed by atoms with van der Waals surface area (Å²) in [4.78, 5) is 13.5. The molecule has 0 saturated heterocycles. The van der Waals surface area contributed by atoms with Crippen LogP contribution in [0.25, 0.3) is 0 Å². The molecule has 1 atom stereocenters. The number of aliphatic hydroxyl groups is 1. The summed E-state index contributed by atoms with van der Waals surface area (Å²) in [6.45, 7) is 4.52. The van der Waals surface area contributed by atoms with E-state index in [1.54, 1.807) is 23.7 Å². The Morgan fingerprint density at radius 3 is 2.74 bits per heavy atom. The van der Waals surface area contributed by atoms with E-state index in [2.05, 4.69) is 10.2 Å². The number of likely N-dealkylation sites (N-methyl/N-ethyl adjacent to an activating group) is 1. The summed E-state index contributed by atoms with van der Waals surface area (Å²) >= 11 is 1.63. The first kappa shape index (κ1) is 16.0. The number of rotatable bonds is 7. The Morgan fingerprint density at radius 2 is 2.21 bits per heavy atom. The zero-order chi connectivity index (χ0) is 14.4. The smallest absolute Gasteiger partial charge is 0.251 e. The van der Waals surface area contributed by atoms with Crippen LogP contribution in [0.5, 0.6) is 0 Å². The molecule has 1 heterocycles. The summed E-state index contributed by atoms with van der Waals surface area (Å²) in [5.74, 6) is 0.591. The SMILES string of the molecule is CSCC[C@@H](O)C(=O)N(C)CCc1c(C)n[nH]c1C. The average Bonchev–Trinajstić information content (AvgIpc) is 2.71. The van der Waals surface area contributed by atoms with E-state index in [1.807, 2.05) is 20.1 Å². The Labute approximate surface area is 118 Å². The van der Waals surface area contributed by atoms with E-state index in [1.165, 1.54) is 0 Å². The van der Waals surface area contributed by atoms with Gasteiger partial charge in [0, 0.05) is 19.3 Å². The quantitative estimate of drug-likeness (QED) is 0.788. The highest BCUT2D eigenvalue weighted by Gasteiger charge is 2.19. The molecule has 0 unspecified atom stereocenters. The van der Waals surface area contributed by atoms with Gasteiger partial charge in [0.2, 0.25) is 0 Å². The first-order valence-corrected chi connectivity index (χ1v) is 7.79. The molecule has 108 valence electrons. The molecule has 0 aliphatic rings. The third kappa shape index (κ3) is 4.54. The van der Waals surface area contributed by atoms with Gasteiger partial charge in [-0.05, 0) is 44.3 Å². The number of aryl methyl sites for hydroxylation is 2. The second kappa shape index (κ2) is 7.55. The first-order valence-electron chi connectivity index (χ1n) is 6.39. The van der Waals surface area contributed by atoms with E-state index in [-0.39, 0.29) is 5.91 Å². The van der Waals surface area contributed by atoms with Gasteiger partial charge < -0.3 is 10.0 Å². The monoisotopic (exact) mass is 285 g/mol. The van der Waals surface area contributed by atoms with E-state index >= 15 is 0 Å². The van der Waals surface area contributed by atoms with Crippen molar-refractivity contribution in [1.29, 1.82) is 0 Å². The van der Waals surface area contributed by atoms with Gasteiger partial charge in [0.15, 0.2) is 0 Å². The van der Waals surface area contributed by atoms with Crippen LogP contribution in [0.15, 0.2) is 0 Å². The fourth-order valence-electron chi connectivity index (χ4n) is 1.94. The Bertz CT molecular complexity index is 401. The lowest BCUT2D eigenvalue weighted by Crippen LogP contribution is -2.37. The zero-order valence-electron chi connectivity index (χ0n) is 12.1. The summed E-state index contributed by atoms with van der Waals surface area (Å²) in [6, 6.07) is 0. The zero-order valence-corrected chi connectivity index (χ0v) is 12.9. The Morgan fingerprint density at radius 1 is 1.53 bits per heavy atom. The molecule has 1 rings (SSSR count). The molecule has 1 aromatic heterocycles. The number of aromatic nitrogens is 2. The largest absolute Gasteiger partial charge is 0.383 e. The first-order chi connectivity index (χ1) is 8.97. The van der Waals surface area contributed by atoms with Crippen LogP contribution in [0.2, 0.25) is 0 Å². The summed E-state index contributed by atoms with van der Waals surface area (Å²) in [7, 11) is 1.73. The maximum atomic E-state index is 11.9. The van der Waals surface area contributed by atoms with Gasteiger partial charge in [-0.1, -0.05) is 0 Å². The molecule has 6 heteroatoms. The van der Waals surface area contributed by atoms with Crippen molar-refractivity contribution in [3.8, 4) is 0 Å². The predicted molar refractivity (Wildman–Crippen MR) is 78.4 cm³/mol. The number of H-pyrrole nitrogens is 1. The summed E-state index contributed by atoms with van der Waals surface area (Å²) < 4.78 is 0. The number of hydrogen-bond acceptors (Lipinski definition) is 4. The van der Waals surface area contributed by atoms with Crippen LogP contribution in [0.4, 0.5) is 0 Å². The van der Waals surface area contributed by atoms with Crippen molar-refractivity contribution in [2.24, 2.45) is 0 Å². The third-order valence-electron chi connectivity index (χ3n) is 3.23. The van der Waals surface area contributed by atoms with Gasteiger partial charge in [-0.3, -0.25) is 9.89 Å². The van der Waals surface area contributed by atoms with Gasteiger partial charge in [0.05, 0.1) is 5.69 Å². The Hall–Kier alpha value is -1.01. The number of aliphatic hydroxyl groups excluding tert-OH is 1. The van der Waals surface area contributed by atoms with E-state index in [9.17, 15) is 9.90 Å². The minimum Gasteiger partial charge on any atom is -0.383 e. The average molecular weight is 285 g/mol. The highest BCUT2D eigenvalue weighted by atomic mass is 32.2. The third-order valence-corrected chi connectivity index (χ3v) is 3.88. The van der Waals surface area contributed by atoms with Crippen LogP contribution in [-0.4, -0.2) is 57.8 Å². The molecule has 0 saturated carbocycles. The van der Waals surface area contributed by atoms with Crippen molar-refractivity contribution in [3.63, 3.8) is 0 Å². The number of thioether (sulfide) groups is 1. The van der Waals surface area contributed by atoms with Crippen LogP contribution in [-0.2, 0) is 11.2 Å². The summed E-state index contributed by atoms with van der Waals surface area (Å²) in [6.07, 6.45) is 2.34. The predicted octanol–water partition coefficient (Wildman–Crippen LogP) is 1.14. The van der Waals surface area contributed by atoms with E-state index < -0.39 is 6.10 Å². The molecule has 0 bridgehead atoms. The molecule has 1 amide bonds. The molecule has 0 fully saturated rings. The van der Waals surface area contributed by atoms with Gasteiger partial charge in [-0.15, -0.1) is 0 Å². The lowest BCUT2D eigenvalue weighted by molar-refractivity contribution is -0.138. The van der Waals surface area contributed by atoms with Gasteiger partial charge in [0.1, 0.15) is 6.10 Å². The maximum Gasteiger partial charge on any atom is 0.251 e. The van der Waals surface area contributed by atoms with Crippen molar-refractivity contribution in [2.75, 3.05) is 25.6 Å². The van der Waals surface area contributed by atoms with Crippen molar-refractivity contribution in [1.82, 2.24) is 15.1 Å². The molecule has 0 radical (unpaired) electrons. The minimum absolute atomic E-state index is 0.201. The maximum absolute atomic E-state index is 11.9. The number of carbonyl (C=O) groups is 1. The number of nitrogens with zero attached hydrogens (tertiary/aromatic N) is 2. The fraction of sp³-hybridized carbons (Fsp3) is 0.692. The van der Waals surface area contributed by atoms with Gasteiger partial charge in [-0.25, -0.2) is 0 Å². The highest BCUT2D eigenvalue weighted by molar-refractivity contribution is 7.98. The lowest BCUT2D eigenvalue weighted by atomic mass is 10.1. The fourth-order valence-corrected chi connectivity index (χ4v) is 2.40. The topological polar surface area (TPSA) is 69.2 Å². The number of hydrogen-bond donors (Lipinski definition) is 2. The number of aromatic amines is 1. The van der Waals surface area contributed by atoms with E-state index in [0.717, 1.165) is 29.1 Å². The van der Waals surface area contributed by atoms with Crippen molar-refractivity contribution in [2.45, 2.75) is 32.8 Å². The molecular formula is C13H23N3O2S. The van der Waals surface area contributed by atoms with Gasteiger partial charge >= 0.3 is 0 Å². The van der Waals surface area contributed by atoms with Crippen molar-refractivity contribution < 1.29 is 9.90 Å².